The van der Waals surface area contributed by atoms with Crippen LogP contribution < -0.4 is 5.32 Å². The zero-order valence-electron chi connectivity index (χ0n) is 11.5. The number of carbonyl (C=O) groups is 2. The van der Waals surface area contributed by atoms with Crippen molar-refractivity contribution in [2.24, 2.45) is 0 Å². The summed E-state index contributed by atoms with van der Waals surface area (Å²) in [4.78, 5) is 22.4. The van der Waals surface area contributed by atoms with Crippen molar-refractivity contribution >= 4 is 33.3 Å². The first-order valence-electron chi connectivity index (χ1n) is 6.50. The minimum atomic E-state index is -1.01. The van der Waals surface area contributed by atoms with Gasteiger partial charge in [-0.2, -0.15) is 0 Å². The van der Waals surface area contributed by atoms with Crippen LogP contribution in [0.4, 0.5) is 0 Å². The summed E-state index contributed by atoms with van der Waals surface area (Å²) < 4.78 is 1.14. The molecule has 1 heterocycles. The number of aryl methyl sites for hydroxylation is 1. The minimum Gasteiger partial charge on any atom is -0.480 e. The van der Waals surface area contributed by atoms with Gasteiger partial charge in [0.2, 0.25) is 5.91 Å². The first-order chi connectivity index (χ1) is 9.52. The van der Waals surface area contributed by atoms with Gasteiger partial charge in [0, 0.05) is 18.0 Å². The molecule has 0 fully saturated rings. The lowest BCUT2D eigenvalue weighted by Gasteiger charge is -2.16. The van der Waals surface area contributed by atoms with E-state index in [1.807, 2.05) is 24.4 Å². The number of aliphatic carboxylic acids is 1. The van der Waals surface area contributed by atoms with Gasteiger partial charge in [-0.05, 0) is 40.4 Å². The molecule has 0 aliphatic carbocycles. The standard InChI is InChI=1S/C15H17NO3S/c1-3-10-4-5-14-11(6-7-20-14)12(10)8-13(15(18)19)16-9(2)17/h4-7,13H,3,8H2,1-2H3,(H,16,17)(H,18,19). The van der Waals surface area contributed by atoms with Gasteiger partial charge < -0.3 is 10.4 Å². The summed E-state index contributed by atoms with van der Waals surface area (Å²) in [6.45, 7) is 3.38. The van der Waals surface area contributed by atoms with E-state index in [-0.39, 0.29) is 5.91 Å². The van der Waals surface area contributed by atoms with Crippen LogP contribution in [0.2, 0.25) is 0 Å². The molecule has 2 rings (SSSR count). The van der Waals surface area contributed by atoms with Gasteiger partial charge in [0.15, 0.2) is 0 Å². The lowest BCUT2D eigenvalue weighted by atomic mass is 9.95. The van der Waals surface area contributed by atoms with Crippen molar-refractivity contribution in [3.8, 4) is 0 Å². The highest BCUT2D eigenvalue weighted by Gasteiger charge is 2.21. The summed E-state index contributed by atoms with van der Waals surface area (Å²) in [5, 5.41) is 14.8. The molecule has 2 aromatic rings. The predicted molar refractivity (Wildman–Crippen MR) is 80.1 cm³/mol. The number of amides is 1. The Morgan fingerprint density at radius 1 is 1.35 bits per heavy atom. The fraction of sp³-hybridized carbons (Fsp3) is 0.333. The minimum absolute atomic E-state index is 0.312. The Labute approximate surface area is 121 Å². The Bertz CT molecular complexity index is 648. The molecule has 1 amide bonds. The summed E-state index contributed by atoms with van der Waals surface area (Å²) >= 11 is 1.64. The normalized spacial score (nSPS) is 12.3. The Morgan fingerprint density at radius 3 is 2.70 bits per heavy atom. The van der Waals surface area contributed by atoms with Gasteiger partial charge >= 0.3 is 5.97 Å². The van der Waals surface area contributed by atoms with E-state index in [1.54, 1.807) is 11.3 Å². The first-order valence-corrected chi connectivity index (χ1v) is 7.38. The van der Waals surface area contributed by atoms with Crippen molar-refractivity contribution < 1.29 is 14.7 Å². The number of fused-ring (bicyclic) bond motifs is 1. The SMILES string of the molecule is CCc1ccc2sccc2c1CC(NC(C)=O)C(=O)O. The van der Waals surface area contributed by atoms with Crippen molar-refractivity contribution in [1.82, 2.24) is 5.32 Å². The maximum absolute atomic E-state index is 11.3. The molecule has 5 heteroatoms. The highest BCUT2D eigenvalue weighted by molar-refractivity contribution is 7.17. The summed E-state index contributed by atoms with van der Waals surface area (Å²) in [7, 11) is 0. The molecular formula is C15H17NO3S. The van der Waals surface area contributed by atoms with Crippen molar-refractivity contribution in [3.05, 3.63) is 34.7 Å². The van der Waals surface area contributed by atoms with E-state index in [4.69, 9.17) is 0 Å². The fourth-order valence-electron chi connectivity index (χ4n) is 2.37. The van der Waals surface area contributed by atoms with Gasteiger partial charge in [0.05, 0.1) is 0 Å². The summed E-state index contributed by atoms with van der Waals surface area (Å²) in [6, 6.07) is 5.24. The topological polar surface area (TPSA) is 66.4 Å². The zero-order valence-corrected chi connectivity index (χ0v) is 12.3. The molecule has 1 aromatic carbocycles. The first kappa shape index (κ1) is 14.5. The van der Waals surface area contributed by atoms with E-state index in [0.29, 0.717) is 6.42 Å². The third-order valence-electron chi connectivity index (χ3n) is 3.31. The molecule has 20 heavy (non-hydrogen) atoms. The van der Waals surface area contributed by atoms with E-state index in [2.05, 4.69) is 11.4 Å². The lowest BCUT2D eigenvalue weighted by Crippen LogP contribution is -2.41. The number of hydrogen-bond acceptors (Lipinski definition) is 3. The van der Waals surface area contributed by atoms with Gasteiger partial charge in [0.25, 0.3) is 0 Å². The van der Waals surface area contributed by atoms with E-state index in [9.17, 15) is 14.7 Å². The average molecular weight is 291 g/mol. The van der Waals surface area contributed by atoms with Crippen LogP contribution in [0.3, 0.4) is 0 Å². The molecule has 2 N–H and O–H groups in total. The zero-order chi connectivity index (χ0) is 14.7. The molecule has 4 nitrogen and oxygen atoms in total. The Balaban J connectivity index is 2.42. The lowest BCUT2D eigenvalue weighted by molar-refractivity contribution is -0.141. The molecule has 0 radical (unpaired) electrons. The van der Waals surface area contributed by atoms with Crippen molar-refractivity contribution in [3.63, 3.8) is 0 Å². The van der Waals surface area contributed by atoms with Crippen LogP contribution in [0.5, 0.6) is 0 Å². The van der Waals surface area contributed by atoms with E-state index >= 15 is 0 Å². The molecule has 0 saturated carbocycles. The molecule has 0 bridgehead atoms. The Hall–Kier alpha value is -1.88. The molecule has 1 atom stereocenters. The van der Waals surface area contributed by atoms with E-state index < -0.39 is 12.0 Å². The largest absolute Gasteiger partial charge is 0.480 e. The number of carbonyl (C=O) groups excluding carboxylic acids is 1. The highest BCUT2D eigenvalue weighted by Crippen LogP contribution is 2.28. The Kier molecular flexibility index (Phi) is 4.39. The van der Waals surface area contributed by atoms with Crippen LogP contribution in [0.15, 0.2) is 23.6 Å². The van der Waals surface area contributed by atoms with Crippen LogP contribution in [0.1, 0.15) is 25.0 Å². The average Bonchev–Trinajstić information content (AvgIpc) is 2.86. The number of rotatable bonds is 5. The monoisotopic (exact) mass is 291 g/mol. The third-order valence-corrected chi connectivity index (χ3v) is 4.19. The fourth-order valence-corrected chi connectivity index (χ4v) is 3.19. The molecule has 1 aromatic heterocycles. The van der Waals surface area contributed by atoms with Gasteiger partial charge in [0.1, 0.15) is 6.04 Å². The highest BCUT2D eigenvalue weighted by atomic mass is 32.1. The quantitative estimate of drug-likeness (QED) is 0.890. The second-order valence-electron chi connectivity index (χ2n) is 4.68. The molecule has 0 spiro atoms. The van der Waals surface area contributed by atoms with Crippen LogP contribution in [0.25, 0.3) is 10.1 Å². The molecular weight excluding hydrogens is 274 g/mol. The number of thiophene rings is 1. The Morgan fingerprint density at radius 2 is 2.10 bits per heavy atom. The van der Waals surface area contributed by atoms with Gasteiger partial charge in [-0.1, -0.05) is 13.0 Å². The van der Waals surface area contributed by atoms with Crippen LogP contribution in [-0.4, -0.2) is 23.0 Å². The number of carboxylic acids is 1. The van der Waals surface area contributed by atoms with Crippen LogP contribution in [-0.2, 0) is 22.4 Å². The maximum atomic E-state index is 11.3. The number of benzene rings is 1. The third kappa shape index (κ3) is 2.99. The van der Waals surface area contributed by atoms with Crippen molar-refractivity contribution in [2.45, 2.75) is 32.7 Å². The van der Waals surface area contributed by atoms with Crippen molar-refractivity contribution in [1.29, 1.82) is 0 Å². The number of nitrogens with one attached hydrogen (secondary N) is 1. The van der Waals surface area contributed by atoms with E-state index in [0.717, 1.165) is 27.6 Å². The van der Waals surface area contributed by atoms with Crippen LogP contribution in [0, 0.1) is 0 Å². The number of carboxylic acid groups (broad SMARTS) is 1. The molecule has 1 unspecified atom stereocenters. The molecule has 106 valence electrons. The van der Waals surface area contributed by atoms with Crippen LogP contribution >= 0.6 is 11.3 Å². The van der Waals surface area contributed by atoms with Gasteiger partial charge in [-0.3, -0.25) is 4.79 Å². The molecule has 0 saturated heterocycles. The predicted octanol–water partition coefficient (Wildman–Crippen LogP) is 2.60. The van der Waals surface area contributed by atoms with Gasteiger partial charge in [-0.25, -0.2) is 4.79 Å². The number of hydrogen-bond donors (Lipinski definition) is 2. The van der Waals surface area contributed by atoms with Gasteiger partial charge in [-0.15, -0.1) is 11.3 Å². The smallest absolute Gasteiger partial charge is 0.326 e. The second-order valence-corrected chi connectivity index (χ2v) is 5.63. The maximum Gasteiger partial charge on any atom is 0.326 e. The second kappa shape index (κ2) is 6.05. The summed E-state index contributed by atoms with van der Waals surface area (Å²) in [5.41, 5.74) is 2.15. The summed E-state index contributed by atoms with van der Waals surface area (Å²) in [6.07, 6.45) is 1.15. The molecule has 0 aliphatic rings. The van der Waals surface area contributed by atoms with Crippen molar-refractivity contribution in [2.75, 3.05) is 0 Å². The molecule has 0 aliphatic heterocycles. The summed E-state index contributed by atoms with van der Waals surface area (Å²) in [5.74, 6) is -1.33. The van der Waals surface area contributed by atoms with E-state index in [1.165, 1.54) is 6.92 Å².